The van der Waals surface area contributed by atoms with Gasteiger partial charge in [0.1, 0.15) is 5.01 Å². The number of unbranched alkanes of at least 4 members (excludes halogenated alkanes) is 1. The molecule has 0 atom stereocenters. The molecule has 0 unspecified atom stereocenters. The van der Waals surface area contributed by atoms with Crippen LogP contribution < -0.4 is 5.32 Å². The van der Waals surface area contributed by atoms with Gasteiger partial charge < -0.3 is 20.2 Å². The molecule has 13 heteroatoms. The third-order valence-electron chi connectivity index (χ3n) is 5.55. The summed E-state index contributed by atoms with van der Waals surface area (Å²) < 4.78 is 31.7. The van der Waals surface area contributed by atoms with Crippen LogP contribution in [0.3, 0.4) is 0 Å². The van der Waals surface area contributed by atoms with Crippen molar-refractivity contribution in [2.45, 2.75) is 45.6 Å². The van der Waals surface area contributed by atoms with Gasteiger partial charge in [-0.1, -0.05) is 66.9 Å². The third-order valence-corrected chi connectivity index (χ3v) is 7.23. The van der Waals surface area contributed by atoms with Crippen LogP contribution in [0, 0.1) is 0 Å². The van der Waals surface area contributed by atoms with Crippen molar-refractivity contribution in [3.05, 3.63) is 74.7 Å². The zero-order chi connectivity index (χ0) is 30.6. The largest absolute Gasteiger partial charge is 0.490 e. The Bertz CT molecular complexity index is 1270. The lowest BCUT2D eigenvalue weighted by atomic mass is 10.1. The Hall–Kier alpha value is -2.70. The number of halogens is 5. The van der Waals surface area contributed by atoms with Gasteiger partial charge in [0.15, 0.2) is 0 Å². The van der Waals surface area contributed by atoms with E-state index in [9.17, 15) is 18.0 Å². The number of aromatic nitrogens is 1. The van der Waals surface area contributed by atoms with Crippen molar-refractivity contribution in [1.82, 2.24) is 20.1 Å². The van der Waals surface area contributed by atoms with E-state index in [4.69, 9.17) is 38.1 Å². The number of rotatable bonds is 12. The maximum atomic E-state index is 13.0. The van der Waals surface area contributed by atoms with Gasteiger partial charge in [0, 0.05) is 24.0 Å². The molecule has 0 aliphatic carbocycles. The molecule has 0 fully saturated rings. The van der Waals surface area contributed by atoms with E-state index in [0.717, 1.165) is 34.9 Å². The first kappa shape index (κ1) is 34.5. The number of benzene rings is 2. The predicted molar refractivity (Wildman–Crippen MR) is 157 cm³/mol. The van der Waals surface area contributed by atoms with Crippen molar-refractivity contribution in [1.29, 1.82) is 0 Å². The molecule has 41 heavy (non-hydrogen) atoms. The fraction of sp³-hybridized carbons (Fsp3) is 0.393. The summed E-state index contributed by atoms with van der Waals surface area (Å²) in [7, 11) is 3.78. The lowest BCUT2D eigenvalue weighted by Gasteiger charge is -2.24. The summed E-state index contributed by atoms with van der Waals surface area (Å²) in [4.78, 5) is 30.3. The molecular formula is C28H33Cl2F3N4O3S. The summed E-state index contributed by atoms with van der Waals surface area (Å²) >= 11 is 13.8. The lowest BCUT2D eigenvalue weighted by Crippen LogP contribution is -2.37. The number of thiazole rings is 1. The number of hydrogen-bond acceptors (Lipinski definition) is 6. The third kappa shape index (κ3) is 12.4. The van der Waals surface area contributed by atoms with E-state index < -0.39 is 12.1 Å². The molecule has 0 saturated carbocycles. The number of alkyl halides is 3. The molecule has 0 aliphatic heterocycles. The first-order valence-corrected chi connectivity index (χ1v) is 14.3. The molecule has 3 rings (SSSR count). The minimum absolute atomic E-state index is 0.0329. The number of likely N-dealkylation sites (N-methyl/N-ethyl adjacent to an activating group) is 1. The predicted octanol–water partition coefficient (Wildman–Crippen LogP) is 6.73. The molecule has 224 valence electrons. The van der Waals surface area contributed by atoms with Gasteiger partial charge in [-0.15, -0.1) is 11.3 Å². The molecule has 1 amide bonds. The number of hydrogen-bond donors (Lipinski definition) is 2. The van der Waals surface area contributed by atoms with E-state index >= 15 is 0 Å². The number of carboxylic acid groups (broad SMARTS) is 1. The summed E-state index contributed by atoms with van der Waals surface area (Å²) in [6.07, 6.45) is -2.69. The number of amides is 1. The van der Waals surface area contributed by atoms with Gasteiger partial charge in [-0.2, -0.15) is 13.2 Å². The SMILES string of the molecule is CCCCNCc1ccc(-c2nc(CN(Cc3ccc(Cl)c(Cl)c3)C(=O)CN(C)C)cs2)cc1.O=C(O)C(F)(F)F. The molecule has 0 saturated heterocycles. The van der Waals surface area contributed by atoms with Gasteiger partial charge >= 0.3 is 12.1 Å². The average Bonchev–Trinajstić information content (AvgIpc) is 3.37. The highest BCUT2D eigenvalue weighted by molar-refractivity contribution is 7.13. The first-order valence-electron chi connectivity index (χ1n) is 12.7. The van der Waals surface area contributed by atoms with Gasteiger partial charge in [0.05, 0.1) is 28.8 Å². The van der Waals surface area contributed by atoms with Crippen LogP contribution in [0.1, 0.15) is 36.6 Å². The number of nitrogens with zero attached hydrogens (tertiary/aromatic N) is 3. The Morgan fingerprint density at radius 3 is 2.22 bits per heavy atom. The quantitative estimate of drug-likeness (QED) is 0.215. The first-order chi connectivity index (χ1) is 19.3. The zero-order valence-corrected chi connectivity index (χ0v) is 25.3. The van der Waals surface area contributed by atoms with Crippen molar-refractivity contribution >= 4 is 46.4 Å². The Labute approximate surface area is 251 Å². The van der Waals surface area contributed by atoms with E-state index in [2.05, 4.69) is 36.5 Å². The summed E-state index contributed by atoms with van der Waals surface area (Å²) in [6.45, 7) is 5.31. The minimum atomic E-state index is -5.08. The van der Waals surface area contributed by atoms with Crippen molar-refractivity contribution in [3.8, 4) is 10.6 Å². The molecule has 7 nitrogen and oxygen atoms in total. The highest BCUT2D eigenvalue weighted by Crippen LogP contribution is 2.26. The Morgan fingerprint density at radius 1 is 1.02 bits per heavy atom. The summed E-state index contributed by atoms with van der Waals surface area (Å²) in [5.41, 5.74) is 4.15. The van der Waals surface area contributed by atoms with Crippen LogP contribution in [0.15, 0.2) is 47.8 Å². The molecule has 2 N–H and O–H groups in total. The second-order valence-corrected chi connectivity index (χ2v) is 11.1. The van der Waals surface area contributed by atoms with E-state index in [-0.39, 0.29) is 5.91 Å². The number of carbonyl (C=O) groups excluding carboxylic acids is 1. The monoisotopic (exact) mass is 632 g/mol. The summed E-state index contributed by atoms with van der Waals surface area (Å²) in [5, 5.41) is 14.6. The normalized spacial score (nSPS) is 11.2. The summed E-state index contributed by atoms with van der Waals surface area (Å²) in [6, 6.07) is 14.0. The Balaban J connectivity index is 0.000000745. The molecular weight excluding hydrogens is 600 g/mol. The number of nitrogens with one attached hydrogen (secondary N) is 1. The Kier molecular flexibility index (Phi) is 14.0. The fourth-order valence-electron chi connectivity index (χ4n) is 3.47. The van der Waals surface area contributed by atoms with Gasteiger partial charge in [-0.05, 0) is 50.3 Å². The molecule has 1 heterocycles. The van der Waals surface area contributed by atoms with E-state index in [1.54, 1.807) is 17.4 Å². The van der Waals surface area contributed by atoms with Crippen LogP contribution in [-0.4, -0.2) is 65.1 Å². The molecule has 0 radical (unpaired) electrons. The summed E-state index contributed by atoms with van der Waals surface area (Å²) in [5.74, 6) is -2.72. The molecule has 0 bridgehead atoms. The number of carboxylic acids is 1. The molecule has 1 aromatic heterocycles. The second kappa shape index (κ2) is 16.7. The van der Waals surface area contributed by atoms with Crippen molar-refractivity contribution in [3.63, 3.8) is 0 Å². The van der Waals surface area contributed by atoms with Crippen LogP contribution in [0.25, 0.3) is 10.6 Å². The van der Waals surface area contributed by atoms with Crippen LogP contribution in [-0.2, 0) is 29.2 Å². The van der Waals surface area contributed by atoms with Gasteiger partial charge in [-0.25, -0.2) is 9.78 Å². The van der Waals surface area contributed by atoms with Crippen LogP contribution in [0.5, 0.6) is 0 Å². The smallest absolute Gasteiger partial charge is 0.475 e. The van der Waals surface area contributed by atoms with Crippen molar-refractivity contribution in [2.24, 2.45) is 0 Å². The fourth-order valence-corrected chi connectivity index (χ4v) is 4.61. The van der Waals surface area contributed by atoms with Crippen LogP contribution in [0.2, 0.25) is 10.0 Å². The van der Waals surface area contributed by atoms with E-state index in [1.165, 1.54) is 18.4 Å². The minimum Gasteiger partial charge on any atom is -0.475 e. The maximum Gasteiger partial charge on any atom is 0.490 e. The zero-order valence-electron chi connectivity index (χ0n) is 23.0. The standard InChI is InChI=1S/C26H32Cl2N4OS.C2HF3O2/c1-4-5-12-29-14-19-6-9-21(10-7-19)26-30-22(18-34-26)16-32(25(33)17-31(2)3)15-20-8-11-23(27)24(28)13-20;3-2(4,5)1(6)7/h6-11,13,18,29H,4-5,12,14-17H2,1-3H3;(H,6,7). The van der Waals surface area contributed by atoms with Gasteiger partial charge in [0.2, 0.25) is 5.91 Å². The van der Waals surface area contributed by atoms with Gasteiger partial charge in [0.25, 0.3) is 0 Å². The highest BCUT2D eigenvalue weighted by Gasteiger charge is 2.38. The van der Waals surface area contributed by atoms with Crippen LogP contribution >= 0.6 is 34.5 Å². The van der Waals surface area contributed by atoms with E-state index in [1.807, 2.05) is 41.4 Å². The molecule has 2 aromatic carbocycles. The maximum absolute atomic E-state index is 13.0. The molecule has 0 spiro atoms. The second-order valence-electron chi connectivity index (χ2n) is 9.41. The Morgan fingerprint density at radius 2 is 1.66 bits per heavy atom. The molecule has 3 aromatic rings. The topological polar surface area (TPSA) is 85.8 Å². The van der Waals surface area contributed by atoms with E-state index in [0.29, 0.717) is 29.7 Å². The van der Waals surface area contributed by atoms with Crippen molar-refractivity contribution < 1.29 is 27.9 Å². The average molecular weight is 634 g/mol. The van der Waals surface area contributed by atoms with Crippen molar-refractivity contribution in [2.75, 3.05) is 27.2 Å². The lowest BCUT2D eigenvalue weighted by molar-refractivity contribution is -0.192. The highest BCUT2D eigenvalue weighted by atomic mass is 35.5. The van der Waals surface area contributed by atoms with Gasteiger partial charge in [-0.3, -0.25) is 4.79 Å². The number of carbonyl (C=O) groups is 2. The number of aliphatic carboxylic acids is 1. The molecule has 0 aliphatic rings. The van der Waals surface area contributed by atoms with Crippen LogP contribution in [0.4, 0.5) is 13.2 Å².